The second-order valence-corrected chi connectivity index (χ2v) is 6.19. The van der Waals surface area contributed by atoms with Gasteiger partial charge in [-0.15, -0.1) is 0 Å². The summed E-state index contributed by atoms with van der Waals surface area (Å²) in [6, 6.07) is 7.32. The van der Waals surface area contributed by atoms with Gasteiger partial charge in [-0.3, -0.25) is 0 Å². The first-order valence-corrected chi connectivity index (χ1v) is 8.14. The average molecular weight is 289 g/mol. The Hall–Kier alpha value is -1.35. The highest BCUT2D eigenvalue weighted by Crippen LogP contribution is 2.41. The van der Waals surface area contributed by atoms with Gasteiger partial charge in [-0.05, 0) is 43.4 Å². The number of nitrogens with one attached hydrogen (secondary N) is 1. The zero-order valence-corrected chi connectivity index (χ0v) is 12.9. The molecule has 3 rings (SSSR count). The van der Waals surface area contributed by atoms with Gasteiger partial charge in [-0.25, -0.2) is 4.39 Å². The third kappa shape index (κ3) is 2.84. The van der Waals surface area contributed by atoms with Crippen LogP contribution in [0.1, 0.15) is 51.3 Å². The van der Waals surface area contributed by atoms with Crippen LogP contribution < -0.4 is 5.32 Å². The monoisotopic (exact) mass is 289 g/mol. The summed E-state index contributed by atoms with van der Waals surface area (Å²) in [7, 11) is 0. The fourth-order valence-electron chi connectivity index (χ4n) is 3.71. The van der Waals surface area contributed by atoms with Gasteiger partial charge >= 0.3 is 0 Å². The van der Waals surface area contributed by atoms with Crippen molar-refractivity contribution in [2.45, 2.75) is 45.6 Å². The Bertz CT molecular complexity index is 606. The average Bonchev–Trinajstić information content (AvgIpc) is 3.12. The molecule has 1 aromatic carbocycles. The zero-order chi connectivity index (χ0) is 14.8. The van der Waals surface area contributed by atoms with Gasteiger partial charge in [0.05, 0.1) is 6.04 Å². The van der Waals surface area contributed by atoms with E-state index in [9.17, 15) is 4.39 Å². The molecule has 1 heterocycles. The molecule has 1 aliphatic carbocycles. The smallest absolute Gasteiger partial charge is 0.169 e. The summed E-state index contributed by atoms with van der Waals surface area (Å²) in [6.45, 7) is 5.28. The molecule has 1 aromatic heterocycles. The van der Waals surface area contributed by atoms with Crippen molar-refractivity contribution in [3.8, 4) is 0 Å². The van der Waals surface area contributed by atoms with Crippen LogP contribution in [0.5, 0.6) is 0 Å². The molecule has 0 spiro atoms. The van der Waals surface area contributed by atoms with Crippen LogP contribution in [0.3, 0.4) is 0 Å². The zero-order valence-electron chi connectivity index (χ0n) is 12.9. The van der Waals surface area contributed by atoms with E-state index in [4.69, 9.17) is 4.42 Å². The van der Waals surface area contributed by atoms with Crippen molar-refractivity contribution in [3.05, 3.63) is 35.8 Å². The standard InChI is InChI=1S/C18H24FNO/c1-3-12-8-9-13(10-12)17(20-4-2)16-11-14-6-5-7-15(19)18(14)21-16/h5-7,11-13,17,20H,3-4,8-10H2,1-2H3. The Morgan fingerprint density at radius 1 is 1.33 bits per heavy atom. The van der Waals surface area contributed by atoms with Crippen LogP contribution in [-0.2, 0) is 0 Å². The SMILES string of the molecule is CCNC(c1cc2cccc(F)c2o1)C1CCC(CC)C1. The van der Waals surface area contributed by atoms with Crippen molar-refractivity contribution in [1.29, 1.82) is 0 Å². The van der Waals surface area contributed by atoms with Crippen LogP contribution in [-0.4, -0.2) is 6.54 Å². The highest BCUT2D eigenvalue weighted by Gasteiger charge is 2.32. The van der Waals surface area contributed by atoms with Gasteiger partial charge in [-0.2, -0.15) is 0 Å². The number of benzene rings is 1. The molecule has 0 bridgehead atoms. The van der Waals surface area contributed by atoms with Gasteiger partial charge in [-0.1, -0.05) is 38.8 Å². The van der Waals surface area contributed by atoms with E-state index in [1.165, 1.54) is 31.7 Å². The summed E-state index contributed by atoms with van der Waals surface area (Å²) < 4.78 is 19.7. The van der Waals surface area contributed by atoms with Gasteiger partial charge in [0.15, 0.2) is 11.4 Å². The molecule has 1 saturated carbocycles. The molecule has 1 N–H and O–H groups in total. The fraction of sp³-hybridized carbons (Fsp3) is 0.556. The first-order valence-electron chi connectivity index (χ1n) is 8.14. The van der Waals surface area contributed by atoms with E-state index < -0.39 is 0 Å². The summed E-state index contributed by atoms with van der Waals surface area (Å²) in [5.74, 6) is 2.04. The molecule has 1 fully saturated rings. The maximum atomic E-state index is 13.8. The van der Waals surface area contributed by atoms with E-state index in [1.54, 1.807) is 6.07 Å². The second-order valence-electron chi connectivity index (χ2n) is 6.19. The predicted octanol–water partition coefficient (Wildman–Crippen LogP) is 5.05. The van der Waals surface area contributed by atoms with Gasteiger partial charge < -0.3 is 9.73 Å². The lowest BCUT2D eigenvalue weighted by Gasteiger charge is -2.22. The molecule has 114 valence electrons. The first kappa shape index (κ1) is 14.6. The van der Waals surface area contributed by atoms with Crippen molar-refractivity contribution < 1.29 is 8.81 Å². The maximum Gasteiger partial charge on any atom is 0.169 e. The number of furan rings is 1. The van der Waals surface area contributed by atoms with Crippen molar-refractivity contribution in [2.24, 2.45) is 11.8 Å². The Kier molecular flexibility index (Phi) is 4.29. The molecule has 2 nitrogen and oxygen atoms in total. The van der Waals surface area contributed by atoms with Crippen molar-refractivity contribution in [1.82, 2.24) is 5.32 Å². The number of hydrogen-bond acceptors (Lipinski definition) is 2. The van der Waals surface area contributed by atoms with Crippen LogP contribution in [0, 0.1) is 17.7 Å². The van der Waals surface area contributed by atoms with Gasteiger partial charge in [0, 0.05) is 5.39 Å². The lowest BCUT2D eigenvalue weighted by Crippen LogP contribution is -2.26. The van der Waals surface area contributed by atoms with Gasteiger partial charge in [0.2, 0.25) is 0 Å². The Balaban J connectivity index is 1.90. The lowest BCUT2D eigenvalue weighted by atomic mass is 9.94. The minimum atomic E-state index is -0.271. The Morgan fingerprint density at radius 3 is 2.86 bits per heavy atom. The van der Waals surface area contributed by atoms with Crippen molar-refractivity contribution in [3.63, 3.8) is 0 Å². The van der Waals surface area contributed by atoms with E-state index in [2.05, 4.69) is 19.2 Å². The first-order chi connectivity index (χ1) is 10.2. The topological polar surface area (TPSA) is 25.2 Å². The molecule has 1 aliphatic rings. The summed E-state index contributed by atoms with van der Waals surface area (Å²) in [5, 5.41) is 4.41. The highest BCUT2D eigenvalue weighted by molar-refractivity contribution is 5.78. The van der Waals surface area contributed by atoms with Crippen LogP contribution in [0.25, 0.3) is 11.0 Å². The van der Waals surface area contributed by atoms with Crippen LogP contribution >= 0.6 is 0 Å². The lowest BCUT2D eigenvalue weighted by molar-refractivity contribution is 0.314. The molecule has 0 radical (unpaired) electrons. The largest absolute Gasteiger partial charge is 0.456 e. The van der Waals surface area contributed by atoms with Crippen molar-refractivity contribution >= 4 is 11.0 Å². The minimum Gasteiger partial charge on any atom is -0.456 e. The molecule has 3 atom stereocenters. The second kappa shape index (κ2) is 6.18. The third-order valence-corrected chi connectivity index (χ3v) is 4.88. The van der Waals surface area contributed by atoms with E-state index in [0.29, 0.717) is 11.5 Å². The van der Waals surface area contributed by atoms with Crippen LogP contribution in [0.2, 0.25) is 0 Å². The molecular weight excluding hydrogens is 265 g/mol. The normalized spacial score (nSPS) is 23.8. The molecule has 3 heteroatoms. The predicted molar refractivity (Wildman–Crippen MR) is 83.7 cm³/mol. The van der Waals surface area contributed by atoms with E-state index in [0.717, 1.165) is 23.6 Å². The number of rotatable bonds is 5. The quantitative estimate of drug-likeness (QED) is 0.833. The Labute approximate surface area is 125 Å². The Morgan fingerprint density at radius 2 is 2.19 bits per heavy atom. The summed E-state index contributed by atoms with van der Waals surface area (Å²) in [6.07, 6.45) is 5.03. The number of halogens is 1. The highest BCUT2D eigenvalue weighted by atomic mass is 19.1. The summed E-state index contributed by atoms with van der Waals surface area (Å²) >= 11 is 0. The fourth-order valence-corrected chi connectivity index (χ4v) is 3.71. The molecule has 3 unspecified atom stereocenters. The molecule has 0 aliphatic heterocycles. The van der Waals surface area contributed by atoms with Gasteiger partial charge in [0.25, 0.3) is 0 Å². The summed E-state index contributed by atoms with van der Waals surface area (Å²) in [4.78, 5) is 0. The van der Waals surface area contributed by atoms with Crippen LogP contribution in [0.15, 0.2) is 28.7 Å². The van der Waals surface area contributed by atoms with E-state index in [1.807, 2.05) is 12.1 Å². The summed E-state index contributed by atoms with van der Waals surface area (Å²) in [5.41, 5.74) is 0.389. The van der Waals surface area contributed by atoms with Crippen LogP contribution in [0.4, 0.5) is 4.39 Å². The number of para-hydroxylation sites is 1. The number of fused-ring (bicyclic) bond motifs is 1. The van der Waals surface area contributed by atoms with E-state index >= 15 is 0 Å². The molecule has 0 amide bonds. The molecule has 2 aromatic rings. The molecule has 21 heavy (non-hydrogen) atoms. The van der Waals surface area contributed by atoms with Crippen molar-refractivity contribution in [2.75, 3.05) is 6.54 Å². The third-order valence-electron chi connectivity index (χ3n) is 4.88. The molecular formula is C18H24FNO. The van der Waals surface area contributed by atoms with Gasteiger partial charge in [0.1, 0.15) is 5.76 Å². The minimum absolute atomic E-state index is 0.207. The maximum absolute atomic E-state index is 13.8. The number of hydrogen-bond donors (Lipinski definition) is 1. The van der Waals surface area contributed by atoms with E-state index in [-0.39, 0.29) is 11.9 Å². The molecule has 0 saturated heterocycles.